The Hall–Kier alpha value is -2.43. The molecule has 4 nitrogen and oxygen atoms in total. The van der Waals surface area contributed by atoms with Gasteiger partial charge in [0.1, 0.15) is 29.2 Å². The summed E-state index contributed by atoms with van der Waals surface area (Å²) in [5, 5.41) is 0.703. The summed E-state index contributed by atoms with van der Waals surface area (Å²) in [6, 6.07) is 6.16. The molecular weight excluding hydrogens is 245 g/mol. The average Bonchev–Trinajstić information content (AvgIpc) is 2.81. The molecule has 0 radical (unpaired) electrons. The minimum absolute atomic E-state index is 0.294. The fourth-order valence-electron chi connectivity index (χ4n) is 2.12. The van der Waals surface area contributed by atoms with E-state index in [4.69, 9.17) is 10.2 Å². The zero-order chi connectivity index (χ0) is 13.4. The highest BCUT2D eigenvalue weighted by Crippen LogP contribution is 2.30. The number of benzene rings is 1. The van der Waals surface area contributed by atoms with Crippen molar-refractivity contribution in [3.8, 4) is 11.5 Å². The normalized spacial score (nSPS) is 11.1. The van der Waals surface area contributed by atoms with E-state index in [-0.39, 0.29) is 5.82 Å². The van der Waals surface area contributed by atoms with Gasteiger partial charge < -0.3 is 10.2 Å². The van der Waals surface area contributed by atoms with Crippen molar-refractivity contribution in [2.24, 2.45) is 0 Å². The van der Waals surface area contributed by atoms with Crippen molar-refractivity contribution >= 4 is 16.8 Å². The molecule has 0 saturated carbocycles. The van der Waals surface area contributed by atoms with Crippen LogP contribution in [0.25, 0.3) is 22.4 Å². The Kier molecular flexibility index (Phi) is 2.67. The van der Waals surface area contributed by atoms with Crippen LogP contribution < -0.4 is 5.73 Å². The molecule has 2 N–H and O–H groups in total. The van der Waals surface area contributed by atoms with Gasteiger partial charge in [-0.15, -0.1) is 0 Å². The molecule has 0 fully saturated rings. The molecule has 0 aliphatic rings. The van der Waals surface area contributed by atoms with Crippen molar-refractivity contribution in [2.45, 2.75) is 13.3 Å². The van der Waals surface area contributed by atoms with Crippen LogP contribution in [0.5, 0.6) is 0 Å². The first-order chi connectivity index (χ1) is 9.19. The van der Waals surface area contributed by atoms with E-state index in [0.29, 0.717) is 34.7 Å². The maximum atomic E-state index is 13.2. The number of halogens is 1. The fraction of sp³-hybridized carbons (Fsp3) is 0.143. The molecule has 19 heavy (non-hydrogen) atoms. The largest absolute Gasteiger partial charge is 0.454 e. The van der Waals surface area contributed by atoms with E-state index >= 15 is 0 Å². The summed E-state index contributed by atoms with van der Waals surface area (Å²) >= 11 is 0. The number of anilines is 1. The van der Waals surface area contributed by atoms with Crippen LogP contribution in [0.4, 0.5) is 10.2 Å². The van der Waals surface area contributed by atoms with Gasteiger partial charge in [0.15, 0.2) is 5.76 Å². The topological polar surface area (TPSA) is 64.9 Å². The van der Waals surface area contributed by atoms with Gasteiger partial charge in [0.2, 0.25) is 0 Å². The van der Waals surface area contributed by atoms with Gasteiger partial charge in [-0.3, -0.25) is 0 Å². The van der Waals surface area contributed by atoms with E-state index in [9.17, 15) is 4.39 Å². The lowest BCUT2D eigenvalue weighted by molar-refractivity contribution is 0.617. The van der Waals surface area contributed by atoms with Gasteiger partial charge in [-0.2, -0.15) is 0 Å². The molecule has 3 aromatic rings. The van der Waals surface area contributed by atoms with Crippen LogP contribution >= 0.6 is 0 Å². The second kappa shape index (κ2) is 4.35. The Morgan fingerprint density at radius 2 is 2.11 bits per heavy atom. The molecule has 0 amide bonds. The molecule has 2 aromatic heterocycles. The van der Waals surface area contributed by atoms with Gasteiger partial charge >= 0.3 is 0 Å². The zero-order valence-electron chi connectivity index (χ0n) is 10.4. The van der Waals surface area contributed by atoms with E-state index in [1.165, 1.54) is 18.5 Å². The molecule has 0 aliphatic heterocycles. The maximum Gasteiger partial charge on any atom is 0.154 e. The summed E-state index contributed by atoms with van der Waals surface area (Å²) in [7, 11) is 0. The molecule has 0 atom stereocenters. The monoisotopic (exact) mass is 257 g/mol. The summed E-state index contributed by atoms with van der Waals surface area (Å²) < 4.78 is 18.9. The minimum atomic E-state index is -0.294. The molecular formula is C14H12FN3O. The molecule has 0 bridgehead atoms. The van der Waals surface area contributed by atoms with Crippen molar-refractivity contribution in [2.75, 3.05) is 5.73 Å². The van der Waals surface area contributed by atoms with Crippen molar-refractivity contribution in [3.63, 3.8) is 0 Å². The highest BCUT2D eigenvalue weighted by Gasteiger charge is 2.14. The lowest BCUT2D eigenvalue weighted by Gasteiger charge is -2.05. The van der Waals surface area contributed by atoms with Gasteiger partial charge in [0.05, 0.1) is 0 Å². The summed E-state index contributed by atoms with van der Waals surface area (Å²) in [5.41, 5.74) is 7.95. The van der Waals surface area contributed by atoms with Crippen molar-refractivity contribution in [1.82, 2.24) is 9.97 Å². The van der Waals surface area contributed by atoms with E-state index < -0.39 is 0 Å². The average molecular weight is 257 g/mol. The second-order valence-electron chi connectivity index (χ2n) is 4.23. The summed E-state index contributed by atoms with van der Waals surface area (Å²) in [6.45, 7) is 1.97. The third-order valence-electron chi connectivity index (χ3n) is 3.04. The molecule has 0 aliphatic carbocycles. The molecule has 2 heterocycles. The Bertz CT molecular complexity index is 752. The number of rotatable bonds is 2. The maximum absolute atomic E-state index is 13.2. The number of aromatic nitrogens is 2. The molecule has 0 saturated heterocycles. The third kappa shape index (κ3) is 1.93. The van der Waals surface area contributed by atoms with Gasteiger partial charge in [-0.1, -0.05) is 6.92 Å². The quantitative estimate of drug-likeness (QED) is 0.765. The predicted molar refractivity (Wildman–Crippen MR) is 71.0 cm³/mol. The fourth-order valence-corrected chi connectivity index (χ4v) is 2.12. The minimum Gasteiger partial charge on any atom is -0.454 e. The lowest BCUT2D eigenvalue weighted by Crippen LogP contribution is -2.00. The van der Waals surface area contributed by atoms with Gasteiger partial charge in [0.25, 0.3) is 0 Å². The van der Waals surface area contributed by atoms with Crippen molar-refractivity contribution in [1.29, 1.82) is 0 Å². The smallest absolute Gasteiger partial charge is 0.154 e. The van der Waals surface area contributed by atoms with Gasteiger partial charge in [-0.05, 0) is 30.7 Å². The summed E-state index contributed by atoms with van der Waals surface area (Å²) in [6.07, 6.45) is 2.10. The molecule has 5 heteroatoms. The first-order valence-electron chi connectivity index (χ1n) is 5.98. The highest BCUT2D eigenvalue weighted by molar-refractivity contribution is 5.83. The number of hydrogen-bond acceptors (Lipinski definition) is 4. The molecule has 3 rings (SSSR count). The van der Waals surface area contributed by atoms with E-state index in [1.54, 1.807) is 12.1 Å². The summed E-state index contributed by atoms with van der Waals surface area (Å²) in [5.74, 6) is 0.725. The van der Waals surface area contributed by atoms with Gasteiger partial charge in [0, 0.05) is 10.9 Å². The van der Waals surface area contributed by atoms with Crippen LogP contribution in [-0.2, 0) is 6.42 Å². The van der Waals surface area contributed by atoms with Crippen molar-refractivity contribution in [3.05, 3.63) is 42.0 Å². The SMILES string of the molecule is CCc1c(N)ncnc1-c1cc2cc(F)ccc2o1. The Morgan fingerprint density at radius 3 is 2.89 bits per heavy atom. The van der Waals surface area contributed by atoms with Crippen LogP contribution in [0.3, 0.4) is 0 Å². The highest BCUT2D eigenvalue weighted by atomic mass is 19.1. The number of furan rings is 1. The van der Waals surface area contributed by atoms with Crippen LogP contribution in [0.1, 0.15) is 12.5 Å². The first-order valence-corrected chi connectivity index (χ1v) is 5.98. The molecule has 1 aromatic carbocycles. The molecule has 0 spiro atoms. The van der Waals surface area contributed by atoms with E-state index in [1.807, 2.05) is 6.92 Å². The lowest BCUT2D eigenvalue weighted by atomic mass is 10.1. The molecule has 96 valence electrons. The van der Waals surface area contributed by atoms with Crippen LogP contribution in [0, 0.1) is 5.82 Å². The zero-order valence-corrected chi connectivity index (χ0v) is 10.4. The Balaban J connectivity index is 2.22. The standard InChI is InChI=1S/C14H12FN3O/c1-2-10-13(17-7-18-14(10)16)12-6-8-5-9(15)3-4-11(8)19-12/h3-7H,2H2,1H3,(H2,16,17,18). The van der Waals surface area contributed by atoms with Gasteiger partial charge in [-0.25, -0.2) is 14.4 Å². The van der Waals surface area contributed by atoms with E-state index in [2.05, 4.69) is 9.97 Å². The number of nitrogens with two attached hydrogens (primary N) is 1. The predicted octanol–water partition coefficient (Wildman–Crippen LogP) is 3.17. The number of nitrogens with zero attached hydrogens (tertiary/aromatic N) is 2. The van der Waals surface area contributed by atoms with Crippen LogP contribution in [0.15, 0.2) is 35.0 Å². The van der Waals surface area contributed by atoms with E-state index in [0.717, 1.165) is 5.56 Å². The Labute approximate surface area is 109 Å². The van der Waals surface area contributed by atoms with Crippen molar-refractivity contribution < 1.29 is 8.81 Å². The van der Waals surface area contributed by atoms with Crippen LogP contribution in [0.2, 0.25) is 0 Å². The number of nitrogen functional groups attached to an aromatic ring is 1. The molecule has 0 unspecified atom stereocenters. The van der Waals surface area contributed by atoms with Crippen LogP contribution in [-0.4, -0.2) is 9.97 Å². The first kappa shape index (κ1) is 11.6. The third-order valence-corrected chi connectivity index (χ3v) is 3.04. The number of hydrogen-bond donors (Lipinski definition) is 1. The summed E-state index contributed by atoms with van der Waals surface area (Å²) in [4.78, 5) is 8.19. The number of fused-ring (bicyclic) bond motifs is 1. The Morgan fingerprint density at radius 1 is 1.26 bits per heavy atom. The second-order valence-corrected chi connectivity index (χ2v) is 4.23.